The van der Waals surface area contributed by atoms with E-state index in [-0.39, 0.29) is 6.61 Å². The summed E-state index contributed by atoms with van der Waals surface area (Å²) in [5.74, 6) is 1.81. The Balaban J connectivity index is 1.65. The zero-order valence-electron chi connectivity index (χ0n) is 11.6. The Morgan fingerprint density at radius 1 is 1.29 bits per heavy atom. The highest BCUT2D eigenvalue weighted by atomic mass is 16.5. The summed E-state index contributed by atoms with van der Waals surface area (Å²) in [6.45, 7) is 3.51. The van der Waals surface area contributed by atoms with Gasteiger partial charge in [0.1, 0.15) is 29.4 Å². The molecule has 6 nitrogen and oxygen atoms in total. The topological polar surface area (TPSA) is 78.6 Å². The molecule has 3 aromatic rings. The molecule has 0 unspecified atom stereocenters. The first-order chi connectivity index (χ1) is 10.1. The van der Waals surface area contributed by atoms with Crippen molar-refractivity contribution in [2.24, 2.45) is 0 Å². The normalized spacial score (nSPS) is 10.8. The number of aromatic nitrogens is 1. The zero-order chi connectivity index (χ0) is 14.8. The van der Waals surface area contributed by atoms with Crippen LogP contribution in [-0.2, 0) is 11.3 Å². The van der Waals surface area contributed by atoms with Crippen molar-refractivity contribution < 1.29 is 22.9 Å². The van der Waals surface area contributed by atoms with Crippen LogP contribution in [0.4, 0.5) is 0 Å². The van der Waals surface area contributed by atoms with Gasteiger partial charge >= 0.3 is 5.97 Å². The van der Waals surface area contributed by atoms with Gasteiger partial charge in [-0.3, -0.25) is 0 Å². The molecule has 6 heteroatoms. The van der Waals surface area contributed by atoms with Gasteiger partial charge in [0.2, 0.25) is 5.76 Å². The van der Waals surface area contributed by atoms with Gasteiger partial charge in [0, 0.05) is 6.07 Å². The lowest BCUT2D eigenvalue weighted by molar-refractivity contribution is 0.0462. The quantitative estimate of drug-likeness (QED) is 0.683. The van der Waals surface area contributed by atoms with Crippen LogP contribution in [0.5, 0.6) is 0 Å². The number of rotatable bonds is 4. The Hall–Kier alpha value is -2.76. The second kappa shape index (κ2) is 5.32. The van der Waals surface area contributed by atoms with Gasteiger partial charge in [0.15, 0.2) is 5.76 Å². The molecule has 0 aromatic carbocycles. The Morgan fingerprint density at radius 2 is 2.14 bits per heavy atom. The first-order valence-electron chi connectivity index (χ1n) is 6.37. The third-order valence-corrected chi connectivity index (χ3v) is 2.94. The number of hydrogen-bond acceptors (Lipinski definition) is 6. The van der Waals surface area contributed by atoms with E-state index in [0.717, 1.165) is 0 Å². The number of esters is 1. The predicted molar refractivity (Wildman–Crippen MR) is 71.5 cm³/mol. The molecular formula is C15H13NO5. The highest BCUT2D eigenvalue weighted by molar-refractivity contribution is 5.90. The van der Waals surface area contributed by atoms with Gasteiger partial charge in [-0.1, -0.05) is 5.16 Å². The highest BCUT2D eigenvalue weighted by Gasteiger charge is 2.16. The average Bonchev–Trinajstić information content (AvgIpc) is 3.15. The number of furan rings is 2. The molecule has 0 saturated heterocycles. The van der Waals surface area contributed by atoms with Gasteiger partial charge in [-0.15, -0.1) is 0 Å². The molecule has 0 saturated carbocycles. The van der Waals surface area contributed by atoms with Gasteiger partial charge in [-0.25, -0.2) is 4.79 Å². The van der Waals surface area contributed by atoms with Crippen molar-refractivity contribution in [2.75, 3.05) is 0 Å². The predicted octanol–water partition coefficient (Wildman–Crippen LogP) is 3.50. The molecule has 0 aliphatic heterocycles. The van der Waals surface area contributed by atoms with Crippen LogP contribution in [0.25, 0.3) is 11.5 Å². The highest BCUT2D eigenvalue weighted by Crippen LogP contribution is 2.21. The van der Waals surface area contributed by atoms with Crippen molar-refractivity contribution in [1.82, 2.24) is 5.16 Å². The second-order valence-electron chi connectivity index (χ2n) is 4.56. The SMILES string of the molecule is Cc1cc(C(=O)OCc2cc(-c3ccco3)on2)c(C)o1. The number of hydrogen-bond donors (Lipinski definition) is 0. The maximum atomic E-state index is 11.9. The lowest BCUT2D eigenvalue weighted by Crippen LogP contribution is -2.05. The van der Waals surface area contributed by atoms with Gasteiger partial charge < -0.3 is 18.1 Å². The second-order valence-corrected chi connectivity index (χ2v) is 4.56. The average molecular weight is 287 g/mol. The molecule has 0 aliphatic rings. The zero-order valence-corrected chi connectivity index (χ0v) is 11.6. The molecule has 21 heavy (non-hydrogen) atoms. The Morgan fingerprint density at radius 3 is 2.81 bits per heavy atom. The fourth-order valence-electron chi connectivity index (χ4n) is 1.97. The van der Waals surface area contributed by atoms with Crippen LogP contribution in [0.2, 0.25) is 0 Å². The monoisotopic (exact) mass is 287 g/mol. The van der Waals surface area contributed by atoms with E-state index in [1.807, 2.05) is 0 Å². The minimum atomic E-state index is -0.452. The van der Waals surface area contributed by atoms with E-state index in [1.165, 1.54) is 0 Å². The summed E-state index contributed by atoms with van der Waals surface area (Å²) in [4.78, 5) is 11.9. The fourth-order valence-corrected chi connectivity index (χ4v) is 1.97. The van der Waals surface area contributed by atoms with Crippen LogP contribution in [0.3, 0.4) is 0 Å². The fraction of sp³-hybridized carbons (Fsp3) is 0.200. The van der Waals surface area contributed by atoms with Crippen molar-refractivity contribution in [3.8, 4) is 11.5 Å². The number of carbonyl (C=O) groups excluding carboxylic acids is 1. The lowest BCUT2D eigenvalue weighted by atomic mass is 10.2. The van der Waals surface area contributed by atoms with E-state index in [9.17, 15) is 4.79 Å². The van der Waals surface area contributed by atoms with Crippen LogP contribution in [0.1, 0.15) is 27.6 Å². The van der Waals surface area contributed by atoms with Crippen LogP contribution >= 0.6 is 0 Å². The molecule has 3 heterocycles. The molecular weight excluding hydrogens is 274 g/mol. The number of ether oxygens (including phenoxy) is 1. The van der Waals surface area contributed by atoms with Crippen molar-refractivity contribution in [2.45, 2.75) is 20.5 Å². The number of aryl methyl sites for hydroxylation is 2. The van der Waals surface area contributed by atoms with Crippen LogP contribution < -0.4 is 0 Å². The Kier molecular flexibility index (Phi) is 3.35. The molecule has 0 atom stereocenters. The molecule has 0 N–H and O–H groups in total. The third-order valence-electron chi connectivity index (χ3n) is 2.94. The smallest absolute Gasteiger partial charge is 0.342 e. The number of nitrogens with zero attached hydrogens (tertiary/aromatic N) is 1. The summed E-state index contributed by atoms with van der Waals surface area (Å²) < 4.78 is 20.8. The van der Waals surface area contributed by atoms with Gasteiger partial charge in [0.05, 0.1) is 6.26 Å². The van der Waals surface area contributed by atoms with E-state index in [1.54, 1.807) is 44.4 Å². The van der Waals surface area contributed by atoms with Crippen molar-refractivity contribution in [3.63, 3.8) is 0 Å². The van der Waals surface area contributed by atoms with Crippen molar-refractivity contribution >= 4 is 5.97 Å². The van der Waals surface area contributed by atoms with E-state index >= 15 is 0 Å². The summed E-state index contributed by atoms with van der Waals surface area (Å²) in [6.07, 6.45) is 1.54. The third kappa shape index (κ3) is 2.74. The van der Waals surface area contributed by atoms with E-state index in [0.29, 0.717) is 34.3 Å². The summed E-state index contributed by atoms with van der Waals surface area (Å²) in [7, 11) is 0. The van der Waals surface area contributed by atoms with Crippen molar-refractivity contribution in [1.29, 1.82) is 0 Å². The summed E-state index contributed by atoms with van der Waals surface area (Å²) >= 11 is 0. The first-order valence-corrected chi connectivity index (χ1v) is 6.37. The molecule has 0 spiro atoms. The summed E-state index contributed by atoms with van der Waals surface area (Å²) in [5.41, 5.74) is 0.926. The maximum Gasteiger partial charge on any atom is 0.342 e. The van der Waals surface area contributed by atoms with Crippen molar-refractivity contribution in [3.05, 3.63) is 53.3 Å². The lowest BCUT2D eigenvalue weighted by Gasteiger charge is -2.00. The largest absolute Gasteiger partial charge is 0.466 e. The van der Waals surface area contributed by atoms with E-state index in [4.69, 9.17) is 18.1 Å². The number of carbonyl (C=O) groups is 1. The standard InChI is InChI=1S/C15H13NO5/c1-9-6-12(10(2)20-9)15(17)19-8-11-7-14(21-16-11)13-4-3-5-18-13/h3-7H,8H2,1-2H3. The van der Waals surface area contributed by atoms with Gasteiger partial charge in [-0.05, 0) is 32.0 Å². The summed E-state index contributed by atoms with van der Waals surface area (Å²) in [6, 6.07) is 6.82. The molecule has 0 amide bonds. The van der Waals surface area contributed by atoms with Crippen LogP contribution in [0, 0.1) is 13.8 Å². The first kappa shape index (κ1) is 13.2. The van der Waals surface area contributed by atoms with Gasteiger partial charge in [0.25, 0.3) is 0 Å². The maximum absolute atomic E-state index is 11.9. The molecule has 108 valence electrons. The van der Waals surface area contributed by atoms with E-state index < -0.39 is 5.97 Å². The Labute approximate surface area is 120 Å². The molecule has 0 radical (unpaired) electrons. The molecule has 0 aliphatic carbocycles. The molecule has 3 rings (SSSR count). The molecule has 0 fully saturated rings. The van der Waals surface area contributed by atoms with E-state index in [2.05, 4.69) is 5.16 Å². The summed E-state index contributed by atoms with van der Waals surface area (Å²) in [5, 5.41) is 3.83. The Bertz CT molecular complexity index is 751. The van der Waals surface area contributed by atoms with Crippen LogP contribution in [0.15, 0.2) is 43.9 Å². The minimum Gasteiger partial charge on any atom is -0.466 e. The minimum absolute atomic E-state index is 0.0205. The molecule has 0 bridgehead atoms. The van der Waals surface area contributed by atoms with Gasteiger partial charge in [-0.2, -0.15) is 0 Å². The molecule has 3 aromatic heterocycles. The van der Waals surface area contributed by atoms with Crippen LogP contribution in [-0.4, -0.2) is 11.1 Å².